The fourth-order valence-corrected chi connectivity index (χ4v) is 3.58. The zero-order valence-corrected chi connectivity index (χ0v) is 13.9. The molecule has 2 rings (SSSR count). The Morgan fingerprint density at radius 1 is 1.36 bits per heavy atom. The van der Waals surface area contributed by atoms with E-state index in [9.17, 15) is 18.3 Å². The molecule has 1 aromatic carbocycles. The van der Waals surface area contributed by atoms with Crippen LogP contribution < -0.4 is 4.72 Å². The molecule has 2 N–H and O–H groups in total. The monoisotopic (exact) mass is 326 g/mol. The summed E-state index contributed by atoms with van der Waals surface area (Å²) in [4.78, 5) is 13.3. The van der Waals surface area contributed by atoms with Gasteiger partial charge in [-0.3, -0.25) is 4.79 Å². The van der Waals surface area contributed by atoms with E-state index < -0.39 is 15.6 Å². The van der Waals surface area contributed by atoms with Crippen LogP contribution in [0, 0.1) is 0 Å². The van der Waals surface area contributed by atoms with Crippen molar-refractivity contribution in [3.63, 3.8) is 0 Å². The smallest absolute Gasteiger partial charge is 0.240 e. The second-order valence-corrected chi connectivity index (χ2v) is 8.03. The fourth-order valence-electron chi connectivity index (χ4n) is 2.32. The number of hydrogen-bond donors (Lipinski definition) is 2. The van der Waals surface area contributed by atoms with E-state index >= 15 is 0 Å². The van der Waals surface area contributed by atoms with Crippen LogP contribution in [0.15, 0.2) is 23.1 Å². The van der Waals surface area contributed by atoms with Crippen molar-refractivity contribution >= 4 is 15.9 Å². The molecule has 0 bridgehead atoms. The van der Waals surface area contributed by atoms with Crippen LogP contribution in [-0.2, 0) is 27.8 Å². The second kappa shape index (κ2) is 5.98. The lowest BCUT2D eigenvalue weighted by Gasteiger charge is -2.28. The highest BCUT2D eigenvalue weighted by Crippen LogP contribution is 2.22. The third-order valence-corrected chi connectivity index (χ3v) is 5.04. The number of carbonyl (C=O) groups excluding carboxylic acids is 1. The summed E-state index contributed by atoms with van der Waals surface area (Å²) in [5.41, 5.74) is 0.804. The molecule has 1 heterocycles. The van der Waals surface area contributed by atoms with Gasteiger partial charge in [0.05, 0.1) is 10.5 Å². The molecule has 0 unspecified atom stereocenters. The Bertz CT molecular complexity index is 677. The first-order valence-corrected chi connectivity index (χ1v) is 8.66. The lowest BCUT2D eigenvalue weighted by molar-refractivity contribution is -0.129. The standard InChI is InChI=1S/C15H22N2O4S/c1-11(18)17-7-6-12-4-5-14(8-13(12)9-17)22(20,21)16-10-15(2,3)19/h4-5,8,16,19H,6-7,9-10H2,1-3H3. The topological polar surface area (TPSA) is 86.7 Å². The van der Waals surface area contributed by atoms with E-state index in [0.717, 1.165) is 17.5 Å². The van der Waals surface area contributed by atoms with Crippen molar-refractivity contribution in [1.82, 2.24) is 9.62 Å². The molecule has 0 aromatic heterocycles. The number of fused-ring (bicyclic) bond motifs is 1. The first-order valence-electron chi connectivity index (χ1n) is 7.18. The van der Waals surface area contributed by atoms with Crippen molar-refractivity contribution in [2.24, 2.45) is 0 Å². The van der Waals surface area contributed by atoms with Crippen LogP contribution in [-0.4, -0.2) is 43.0 Å². The van der Waals surface area contributed by atoms with E-state index in [-0.39, 0.29) is 17.3 Å². The molecule has 0 radical (unpaired) electrons. The molecule has 0 aliphatic carbocycles. The average molecular weight is 326 g/mol. The van der Waals surface area contributed by atoms with E-state index in [1.54, 1.807) is 23.1 Å². The number of aliphatic hydroxyl groups is 1. The van der Waals surface area contributed by atoms with Gasteiger partial charge in [0.2, 0.25) is 15.9 Å². The minimum atomic E-state index is -3.68. The van der Waals surface area contributed by atoms with Crippen LogP contribution in [0.1, 0.15) is 31.9 Å². The normalized spacial score (nSPS) is 15.5. The summed E-state index contributed by atoms with van der Waals surface area (Å²) in [7, 11) is -3.68. The van der Waals surface area contributed by atoms with E-state index in [4.69, 9.17) is 0 Å². The summed E-state index contributed by atoms with van der Waals surface area (Å²) in [6.07, 6.45) is 0.729. The number of sulfonamides is 1. The van der Waals surface area contributed by atoms with Gasteiger partial charge in [0.1, 0.15) is 0 Å². The average Bonchev–Trinajstić information content (AvgIpc) is 2.43. The Kier molecular flexibility index (Phi) is 4.60. The third-order valence-electron chi connectivity index (χ3n) is 3.64. The molecule has 0 fully saturated rings. The largest absolute Gasteiger partial charge is 0.389 e. The molecule has 1 amide bonds. The van der Waals surface area contributed by atoms with Crippen molar-refractivity contribution in [1.29, 1.82) is 0 Å². The van der Waals surface area contributed by atoms with Crippen LogP contribution in [0.3, 0.4) is 0 Å². The SMILES string of the molecule is CC(=O)N1CCc2ccc(S(=O)(=O)NCC(C)(C)O)cc2C1. The molecule has 0 saturated heterocycles. The van der Waals surface area contributed by atoms with Gasteiger partial charge >= 0.3 is 0 Å². The number of nitrogens with zero attached hydrogens (tertiary/aromatic N) is 1. The quantitative estimate of drug-likeness (QED) is 0.850. The summed E-state index contributed by atoms with van der Waals surface area (Å²) < 4.78 is 27.0. The predicted octanol–water partition coefficient (Wildman–Crippen LogP) is 0.640. The van der Waals surface area contributed by atoms with Crippen molar-refractivity contribution in [3.8, 4) is 0 Å². The van der Waals surface area contributed by atoms with E-state index in [2.05, 4.69) is 4.72 Å². The van der Waals surface area contributed by atoms with E-state index in [0.29, 0.717) is 13.1 Å². The van der Waals surface area contributed by atoms with Crippen LogP contribution in [0.5, 0.6) is 0 Å². The lowest BCUT2D eigenvalue weighted by Crippen LogP contribution is -2.38. The van der Waals surface area contributed by atoms with Crippen LogP contribution in [0.2, 0.25) is 0 Å². The molecule has 0 atom stereocenters. The number of benzene rings is 1. The highest BCUT2D eigenvalue weighted by Gasteiger charge is 2.23. The summed E-state index contributed by atoms with van der Waals surface area (Å²) in [5.74, 6) is -0.0148. The zero-order valence-electron chi connectivity index (χ0n) is 13.1. The minimum absolute atomic E-state index is 0.0148. The molecule has 122 valence electrons. The summed E-state index contributed by atoms with van der Waals surface area (Å²) in [5, 5.41) is 9.64. The maximum atomic E-state index is 12.3. The molecule has 6 nitrogen and oxygen atoms in total. The Balaban J connectivity index is 2.23. The van der Waals surface area contributed by atoms with Gasteiger partial charge in [-0.05, 0) is 43.5 Å². The molecule has 1 aliphatic rings. The number of nitrogens with one attached hydrogen (secondary N) is 1. The van der Waals surface area contributed by atoms with Gasteiger partial charge in [0.25, 0.3) is 0 Å². The molecule has 0 saturated carbocycles. The number of amides is 1. The Hall–Kier alpha value is -1.44. The van der Waals surface area contributed by atoms with E-state index in [1.807, 2.05) is 0 Å². The Morgan fingerprint density at radius 2 is 2.05 bits per heavy atom. The van der Waals surface area contributed by atoms with Crippen LogP contribution >= 0.6 is 0 Å². The van der Waals surface area contributed by atoms with Gasteiger partial charge in [0.15, 0.2) is 0 Å². The van der Waals surface area contributed by atoms with Gasteiger partial charge in [0, 0.05) is 26.6 Å². The molecular formula is C15H22N2O4S. The highest BCUT2D eigenvalue weighted by molar-refractivity contribution is 7.89. The van der Waals surface area contributed by atoms with Crippen molar-refractivity contribution in [2.75, 3.05) is 13.1 Å². The molecule has 7 heteroatoms. The summed E-state index contributed by atoms with van der Waals surface area (Å²) in [6, 6.07) is 4.97. The Labute approximate surface area is 131 Å². The maximum absolute atomic E-state index is 12.3. The lowest BCUT2D eigenvalue weighted by atomic mass is 10.00. The molecule has 1 aromatic rings. The second-order valence-electron chi connectivity index (χ2n) is 6.26. The van der Waals surface area contributed by atoms with Crippen molar-refractivity contribution in [2.45, 2.75) is 44.2 Å². The predicted molar refractivity (Wildman–Crippen MR) is 82.7 cm³/mol. The highest BCUT2D eigenvalue weighted by atomic mass is 32.2. The van der Waals surface area contributed by atoms with Crippen LogP contribution in [0.25, 0.3) is 0 Å². The molecular weight excluding hydrogens is 304 g/mol. The molecule has 0 spiro atoms. The van der Waals surface area contributed by atoms with Crippen molar-refractivity contribution in [3.05, 3.63) is 29.3 Å². The third kappa shape index (κ3) is 4.06. The van der Waals surface area contributed by atoms with Gasteiger partial charge in [-0.2, -0.15) is 0 Å². The van der Waals surface area contributed by atoms with E-state index in [1.165, 1.54) is 20.8 Å². The number of hydrogen-bond acceptors (Lipinski definition) is 4. The summed E-state index contributed by atoms with van der Waals surface area (Å²) >= 11 is 0. The number of carbonyl (C=O) groups is 1. The maximum Gasteiger partial charge on any atom is 0.240 e. The zero-order chi connectivity index (χ0) is 16.5. The Morgan fingerprint density at radius 3 is 2.64 bits per heavy atom. The fraction of sp³-hybridized carbons (Fsp3) is 0.533. The minimum Gasteiger partial charge on any atom is -0.389 e. The molecule has 22 heavy (non-hydrogen) atoms. The van der Waals surface area contributed by atoms with Gasteiger partial charge < -0.3 is 10.0 Å². The van der Waals surface area contributed by atoms with Gasteiger partial charge in [-0.25, -0.2) is 13.1 Å². The summed E-state index contributed by atoms with van der Waals surface area (Å²) in [6.45, 7) is 5.60. The first-order chi connectivity index (χ1) is 10.1. The molecule has 1 aliphatic heterocycles. The van der Waals surface area contributed by atoms with Gasteiger partial charge in [-0.1, -0.05) is 6.07 Å². The van der Waals surface area contributed by atoms with Crippen molar-refractivity contribution < 1.29 is 18.3 Å². The first kappa shape index (κ1) is 16.9. The number of rotatable bonds is 4. The van der Waals surface area contributed by atoms with Crippen LogP contribution in [0.4, 0.5) is 0 Å². The van der Waals surface area contributed by atoms with Gasteiger partial charge in [-0.15, -0.1) is 0 Å².